The van der Waals surface area contributed by atoms with E-state index >= 15 is 0 Å². The highest BCUT2D eigenvalue weighted by molar-refractivity contribution is 7.00. The van der Waals surface area contributed by atoms with E-state index in [0.29, 0.717) is 0 Å². The molecule has 0 N–H and O–H groups in total. The van der Waals surface area contributed by atoms with Gasteiger partial charge in [-0.25, -0.2) is 0 Å². The number of fused-ring (bicyclic) bond motifs is 15. The standard InChI is InChI=1S/C59H33BN2/c1-2-13-34(14-3-1)36-29-27-35-28-30-37(32-38(35)31-36)45-33-49-58-53-57(45)61-52-26-9-6-17-41(52)42-19-11-24-50(55(42)61)60(53)51-25-12-20-44-43-18-10-23-48(54(43)62(58)56(44)51)59(49)46-21-7-4-15-39(46)40-16-5-8-22-47(40)59/h1-33H. The zero-order valence-electron chi connectivity index (χ0n) is 33.5. The molecule has 3 heteroatoms. The van der Waals surface area contributed by atoms with Gasteiger partial charge in [0.2, 0.25) is 0 Å². The van der Waals surface area contributed by atoms with Gasteiger partial charge in [0.15, 0.2) is 0 Å². The van der Waals surface area contributed by atoms with E-state index in [0.717, 1.165) is 0 Å². The molecule has 10 aromatic carbocycles. The molecule has 12 aromatic rings. The van der Waals surface area contributed by atoms with Gasteiger partial charge in [0.1, 0.15) is 0 Å². The van der Waals surface area contributed by atoms with Crippen LogP contribution >= 0.6 is 0 Å². The van der Waals surface area contributed by atoms with E-state index in [9.17, 15) is 0 Å². The third kappa shape index (κ3) is 3.51. The summed E-state index contributed by atoms with van der Waals surface area (Å²) in [7, 11) is 0. The average molecular weight is 781 g/mol. The maximum atomic E-state index is 2.71. The third-order valence-corrected chi connectivity index (χ3v) is 15.3. The molecular formula is C59H33BN2. The van der Waals surface area contributed by atoms with Crippen molar-refractivity contribution in [3.8, 4) is 44.8 Å². The first-order valence-electron chi connectivity index (χ1n) is 21.9. The Morgan fingerprint density at radius 2 is 0.919 bits per heavy atom. The predicted octanol–water partition coefficient (Wildman–Crippen LogP) is 12.2. The number of hydrogen-bond acceptors (Lipinski definition) is 0. The Balaban J connectivity index is 1.16. The fraction of sp³-hybridized carbons (Fsp3) is 0.0169. The molecule has 0 saturated heterocycles. The topological polar surface area (TPSA) is 9.86 Å². The molecule has 0 radical (unpaired) electrons. The quantitative estimate of drug-likeness (QED) is 0.155. The summed E-state index contributed by atoms with van der Waals surface area (Å²) >= 11 is 0. The van der Waals surface area contributed by atoms with Gasteiger partial charge in [0.05, 0.1) is 22.1 Å². The summed E-state index contributed by atoms with van der Waals surface area (Å²) in [6.45, 7) is 0.0374. The monoisotopic (exact) mass is 780 g/mol. The molecule has 282 valence electrons. The van der Waals surface area contributed by atoms with Crippen LogP contribution in [0.3, 0.4) is 0 Å². The summed E-state index contributed by atoms with van der Waals surface area (Å²) in [5.41, 5.74) is 24.6. The minimum Gasteiger partial charge on any atom is -0.310 e. The molecule has 16 rings (SSSR count). The highest BCUT2D eigenvalue weighted by atomic mass is 15.1. The Labute approximate surface area is 357 Å². The highest BCUT2D eigenvalue weighted by Gasteiger charge is 2.54. The van der Waals surface area contributed by atoms with E-state index in [1.165, 1.54) is 138 Å². The minimum absolute atomic E-state index is 0.0374. The summed E-state index contributed by atoms with van der Waals surface area (Å²) in [5.74, 6) is 0. The van der Waals surface area contributed by atoms with Crippen LogP contribution in [0, 0.1) is 0 Å². The predicted molar refractivity (Wildman–Crippen MR) is 259 cm³/mol. The Bertz CT molecular complexity index is 4010. The van der Waals surface area contributed by atoms with E-state index in [4.69, 9.17) is 0 Å². The van der Waals surface area contributed by atoms with Gasteiger partial charge in [-0.15, -0.1) is 0 Å². The Kier molecular flexibility index (Phi) is 5.62. The van der Waals surface area contributed by atoms with Gasteiger partial charge < -0.3 is 9.13 Å². The molecular weight excluding hydrogens is 747 g/mol. The fourth-order valence-electron chi connectivity index (χ4n) is 13.0. The van der Waals surface area contributed by atoms with Crippen molar-refractivity contribution in [3.63, 3.8) is 0 Å². The Hall–Kier alpha value is -7.88. The van der Waals surface area contributed by atoms with E-state index < -0.39 is 5.41 Å². The summed E-state index contributed by atoms with van der Waals surface area (Å²) in [5, 5.41) is 7.76. The van der Waals surface area contributed by atoms with Gasteiger partial charge >= 0.3 is 0 Å². The minimum atomic E-state index is -0.541. The molecule has 0 atom stereocenters. The lowest BCUT2D eigenvalue weighted by Gasteiger charge is -2.44. The van der Waals surface area contributed by atoms with Crippen LogP contribution < -0.4 is 16.4 Å². The number of benzene rings is 10. The van der Waals surface area contributed by atoms with E-state index in [2.05, 4.69) is 209 Å². The van der Waals surface area contributed by atoms with Crippen LogP contribution in [-0.4, -0.2) is 15.8 Å². The zero-order chi connectivity index (χ0) is 40.0. The first kappa shape index (κ1) is 32.0. The van der Waals surface area contributed by atoms with Crippen LogP contribution in [0.15, 0.2) is 200 Å². The summed E-state index contributed by atoms with van der Waals surface area (Å²) in [6, 6.07) is 76.5. The summed E-state index contributed by atoms with van der Waals surface area (Å²) in [6.07, 6.45) is 0. The molecule has 0 bridgehead atoms. The fourth-order valence-corrected chi connectivity index (χ4v) is 13.0. The molecule has 2 aromatic heterocycles. The number of nitrogens with zero attached hydrogens (tertiary/aromatic N) is 2. The van der Waals surface area contributed by atoms with Crippen molar-refractivity contribution in [3.05, 3.63) is 222 Å². The van der Waals surface area contributed by atoms with Crippen molar-refractivity contribution in [2.45, 2.75) is 5.41 Å². The number of para-hydroxylation sites is 4. The van der Waals surface area contributed by atoms with Crippen molar-refractivity contribution in [2.75, 3.05) is 0 Å². The zero-order valence-corrected chi connectivity index (χ0v) is 33.5. The van der Waals surface area contributed by atoms with Crippen LogP contribution in [0.4, 0.5) is 0 Å². The molecule has 62 heavy (non-hydrogen) atoms. The van der Waals surface area contributed by atoms with Crippen molar-refractivity contribution in [2.24, 2.45) is 0 Å². The SMILES string of the molecule is c1ccc(-c2ccc3ccc(-c4cc5c6c7c4-n4c8ccccc8c8cccc(c84)B7c4cccc7c8cccc(c8n-6c47)C54c5ccccc5-c5ccccc54)cc3c2)cc1. The summed E-state index contributed by atoms with van der Waals surface area (Å²) in [4.78, 5) is 0. The van der Waals surface area contributed by atoms with Crippen LogP contribution in [0.25, 0.3) is 99.1 Å². The van der Waals surface area contributed by atoms with E-state index in [-0.39, 0.29) is 6.71 Å². The van der Waals surface area contributed by atoms with E-state index in [1.807, 2.05) is 0 Å². The molecule has 0 fully saturated rings. The molecule has 2 nitrogen and oxygen atoms in total. The van der Waals surface area contributed by atoms with Crippen molar-refractivity contribution >= 4 is 77.5 Å². The second-order valence-corrected chi connectivity index (χ2v) is 17.9. The smallest absolute Gasteiger partial charge is 0.252 e. The van der Waals surface area contributed by atoms with Crippen LogP contribution in [0.1, 0.15) is 22.3 Å². The lowest BCUT2D eigenvalue weighted by molar-refractivity contribution is 0.749. The van der Waals surface area contributed by atoms with Gasteiger partial charge in [-0.2, -0.15) is 0 Å². The first-order chi connectivity index (χ1) is 30.8. The molecule has 5 heterocycles. The lowest BCUT2D eigenvalue weighted by atomic mass is 9.33. The van der Waals surface area contributed by atoms with Crippen molar-refractivity contribution in [1.82, 2.24) is 9.13 Å². The molecule has 4 aliphatic rings. The molecule has 0 amide bonds. The second-order valence-electron chi connectivity index (χ2n) is 17.9. The number of aromatic nitrogens is 2. The van der Waals surface area contributed by atoms with Gasteiger partial charge in [0, 0.05) is 43.8 Å². The highest BCUT2D eigenvalue weighted by Crippen LogP contribution is 2.62. The maximum absolute atomic E-state index is 2.71. The van der Waals surface area contributed by atoms with Crippen molar-refractivity contribution in [1.29, 1.82) is 0 Å². The molecule has 1 aliphatic carbocycles. The molecule has 0 saturated carbocycles. The number of rotatable bonds is 2. The van der Waals surface area contributed by atoms with Gasteiger partial charge in [-0.05, 0) is 101 Å². The van der Waals surface area contributed by atoms with Gasteiger partial charge in [-0.1, -0.05) is 176 Å². The first-order valence-corrected chi connectivity index (χ1v) is 21.9. The largest absolute Gasteiger partial charge is 0.310 e. The average Bonchev–Trinajstić information content (AvgIpc) is 3.97. The normalized spacial score (nSPS) is 14.2. The van der Waals surface area contributed by atoms with Crippen LogP contribution in [0.5, 0.6) is 0 Å². The molecule has 3 aliphatic heterocycles. The maximum Gasteiger partial charge on any atom is 0.252 e. The Morgan fingerprint density at radius 1 is 0.339 bits per heavy atom. The Morgan fingerprint density at radius 3 is 1.69 bits per heavy atom. The lowest BCUT2D eigenvalue weighted by Crippen LogP contribution is -2.60. The van der Waals surface area contributed by atoms with Crippen LogP contribution in [0.2, 0.25) is 0 Å². The van der Waals surface area contributed by atoms with Crippen LogP contribution in [-0.2, 0) is 5.41 Å². The third-order valence-electron chi connectivity index (χ3n) is 15.3. The number of hydrogen-bond donors (Lipinski definition) is 0. The van der Waals surface area contributed by atoms with Gasteiger partial charge in [0.25, 0.3) is 6.71 Å². The molecule has 1 spiro atoms. The second kappa shape index (κ2) is 10.9. The van der Waals surface area contributed by atoms with Crippen molar-refractivity contribution < 1.29 is 0 Å². The summed E-state index contributed by atoms with van der Waals surface area (Å²) < 4.78 is 5.36. The van der Waals surface area contributed by atoms with Gasteiger partial charge in [-0.3, -0.25) is 0 Å². The molecule has 0 unspecified atom stereocenters. The van der Waals surface area contributed by atoms with E-state index in [1.54, 1.807) is 0 Å².